The lowest BCUT2D eigenvalue weighted by atomic mass is 9.96. The summed E-state index contributed by atoms with van der Waals surface area (Å²) in [5, 5.41) is 7.43. The molecule has 0 unspecified atom stereocenters. The first-order valence-corrected chi connectivity index (χ1v) is 29.2. The van der Waals surface area contributed by atoms with E-state index in [-0.39, 0.29) is 0 Å². The van der Waals surface area contributed by atoms with Gasteiger partial charge in [-0.2, -0.15) is 0 Å². The topological polar surface area (TPSA) is 136 Å². The molecule has 0 aliphatic carbocycles. The van der Waals surface area contributed by atoms with Gasteiger partial charge >= 0.3 is 0 Å². The van der Waals surface area contributed by atoms with Gasteiger partial charge in [-0.3, -0.25) is 4.98 Å². The molecule has 18 aromatic rings. The zero-order valence-corrected chi connectivity index (χ0v) is 47.1. The Kier molecular flexibility index (Phi) is 11.1. The molecule has 9 heterocycles. The summed E-state index contributed by atoms with van der Waals surface area (Å²) >= 11 is 0. The van der Waals surface area contributed by atoms with E-state index in [2.05, 4.69) is 145 Å². The van der Waals surface area contributed by atoms with Gasteiger partial charge in [-0.25, -0.2) is 44.3 Å². The second-order valence-electron chi connectivity index (χ2n) is 21.9. The van der Waals surface area contributed by atoms with Crippen LogP contribution in [0.2, 0.25) is 0 Å². The summed E-state index contributed by atoms with van der Waals surface area (Å²) in [4.78, 5) is 42.6. The molecule has 0 saturated carbocycles. The van der Waals surface area contributed by atoms with E-state index in [0.717, 1.165) is 121 Å². The fourth-order valence-electron chi connectivity index (χ4n) is 13.5. The third kappa shape index (κ3) is 7.63. The van der Waals surface area contributed by atoms with Crippen molar-refractivity contribution in [2.45, 2.75) is 0 Å². The molecule has 0 atom stereocenters. The van der Waals surface area contributed by atoms with Crippen molar-refractivity contribution in [2.24, 2.45) is 0 Å². The van der Waals surface area contributed by atoms with Gasteiger partial charge < -0.3 is 18.3 Å². The summed E-state index contributed by atoms with van der Waals surface area (Å²) in [6.45, 7) is 0. The van der Waals surface area contributed by atoms with Gasteiger partial charge in [0, 0.05) is 133 Å². The third-order valence-electron chi connectivity index (χ3n) is 17.2. The van der Waals surface area contributed by atoms with Crippen LogP contribution in [0.1, 0.15) is 0 Å². The van der Waals surface area contributed by atoms with E-state index >= 15 is 4.39 Å². The zero-order chi connectivity index (χ0) is 58.7. The second kappa shape index (κ2) is 19.8. The number of fused-ring (bicyclic) bond motifs is 12. The molecule has 0 spiro atoms. The maximum Gasteiger partial charge on any atom is 0.175 e. The largest absolute Gasteiger partial charge is 0.306 e. The van der Waals surface area contributed by atoms with Crippen LogP contribution in [-0.4, -0.2) is 63.1 Å². The first-order valence-electron chi connectivity index (χ1n) is 29.2. The van der Waals surface area contributed by atoms with Gasteiger partial charge in [-0.15, -0.1) is 0 Å². The molecule has 0 aliphatic rings. The lowest BCUT2D eigenvalue weighted by Gasteiger charge is -2.28. The van der Waals surface area contributed by atoms with Crippen LogP contribution >= 0.6 is 0 Å². The van der Waals surface area contributed by atoms with Gasteiger partial charge in [0.15, 0.2) is 29.1 Å². The van der Waals surface area contributed by atoms with Gasteiger partial charge in [0.1, 0.15) is 11.4 Å². The molecule has 14 heteroatoms. The highest BCUT2D eigenvalue weighted by Crippen LogP contribution is 2.52. The van der Waals surface area contributed by atoms with Crippen molar-refractivity contribution >= 4 is 87.2 Å². The molecule has 18 rings (SSSR count). The van der Waals surface area contributed by atoms with Crippen LogP contribution in [0, 0.1) is 5.82 Å². The summed E-state index contributed by atoms with van der Waals surface area (Å²) < 4.78 is 30.3. The number of aromatic nitrogens is 13. The van der Waals surface area contributed by atoms with Gasteiger partial charge in [-0.05, 0) is 139 Å². The Morgan fingerprint density at radius 1 is 0.225 bits per heavy atom. The molecular weight excluding hydrogens is 1100 g/mol. The van der Waals surface area contributed by atoms with Crippen LogP contribution in [0.15, 0.2) is 268 Å². The Bertz CT molecular complexity index is 5230. The molecule has 9 aromatic heterocycles. The fraction of sp³-hybridized carbons (Fsp3) is 0. The summed E-state index contributed by atoms with van der Waals surface area (Å²) in [6, 6.07) is 69.8. The summed E-state index contributed by atoms with van der Waals surface area (Å²) in [6.07, 6.45) is 17.7. The Balaban J connectivity index is 1.11. The Hall–Kier alpha value is -12.4. The highest BCUT2D eigenvalue weighted by atomic mass is 19.1. The van der Waals surface area contributed by atoms with Crippen molar-refractivity contribution in [3.63, 3.8) is 0 Å². The molecule has 0 radical (unpaired) electrons. The predicted molar refractivity (Wildman–Crippen MR) is 351 cm³/mol. The van der Waals surface area contributed by atoms with Crippen molar-refractivity contribution < 1.29 is 4.39 Å². The molecule has 13 nitrogen and oxygen atoms in total. The molecule has 0 saturated heterocycles. The van der Waals surface area contributed by atoms with Crippen molar-refractivity contribution in [3.8, 4) is 79.4 Å². The minimum atomic E-state index is -0.469. The molecule has 0 amide bonds. The van der Waals surface area contributed by atoms with E-state index in [0.29, 0.717) is 46.0 Å². The minimum absolute atomic E-state index is 0.326. The number of para-hydroxylation sites is 4. The van der Waals surface area contributed by atoms with E-state index in [1.807, 2.05) is 97.3 Å². The number of rotatable bonds is 9. The number of nitrogens with zero attached hydrogens (tertiary/aromatic N) is 13. The van der Waals surface area contributed by atoms with Crippen LogP contribution in [0.3, 0.4) is 0 Å². The van der Waals surface area contributed by atoms with Crippen molar-refractivity contribution in [3.05, 3.63) is 274 Å². The average Bonchev–Trinajstić information content (AvgIpc) is 1.64. The van der Waals surface area contributed by atoms with E-state index < -0.39 is 5.82 Å². The summed E-state index contributed by atoms with van der Waals surface area (Å²) in [5.74, 6) is 1.81. The predicted octanol–water partition coefficient (Wildman–Crippen LogP) is 17.1. The van der Waals surface area contributed by atoms with Crippen molar-refractivity contribution in [1.82, 2.24) is 63.1 Å². The first-order chi connectivity index (χ1) is 44.1. The first kappa shape index (κ1) is 50.0. The fourth-order valence-corrected chi connectivity index (χ4v) is 13.5. The van der Waals surface area contributed by atoms with E-state index in [4.69, 9.17) is 39.9 Å². The van der Waals surface area contributed by atoms with Crippen LogP contribution in [0.4, 0.5) is 4.39 Å². The molecule has 9 aromatic carbocycles. The summed E-state index contributed by atoms with van der Waals surface area (Å²) in [7, 11) is 0. The number of hydrogen-bond acceptors (Lipinski definition) is 9. The number of benzene rings is 9. The molecule has 0 N–H and O–H groups in total. The molecule has 0 aliphatic heterocycles. The monoisotopic (exact) mass is 1150 g/mol. The smallest absolute Gasteiger partial charge is 0.175 e. The zero-order valence-electron chi connectivity index (χ0n) is 47.1. The van der Waals surface area contributed by atoms with Crippen LogP contribution in [0.5, 0.6) is 0 Å². The quantitative estimate of drug-likeness (QED) is 0.138. The van der Waals surface area contributed by atoms with Crippen molar-refractivity contribution in [1.29, 1.82) is 0 Å². The molecular formula is C75H44FN13. The van der Waals surface area contributed by atoms with Gasteiger partial charge in [0.25, 0.3) is 0 Å². The number of pyridine rings is 1. The maximum absolute atomic E-state index is 21.5. The normalized spacial score (nSPS) is 11.9. The van der Waals surface area contributed by atoms with Crippen LogP contribution in [0.25, 0.3) is 167 Å². The van der Waals surface area contributed by atoms with Gasteiger partial charge in [0.2, 0.25) is 0 Å². The summed E-state index contributed by atoms with van der Waals surface area (Å²) in [5.41, 5.74) is 13.1. The highest BCUT2D eigenvalue weighted by molar-refractivity contribution is 6.17. The Labute approximate surface area is 505 Å². The Morgan fingerprint density at radius 3 is 0.775 bits per heavy atom. The molecule has 0 fully saturated rings. The Morgan fingerprint density at radius 2 is 0.483 bits per heavy atom. The standard InChI is InChI=1S/C75H44FN13/c76-67-70(88-58-17-5-1-13-50(58)51-14-2-6-18-59(51)88)68(86-62-25-21-46(72-78-31-9-32-79-72)41-54(62)55-42-47(22-26-63(55)86)73-80-33-10-34-81-73)66(45-29-39-77-40-30-45)69(71(67)89-60-19-7-3-15-52(60)53-16-4-8-20-61(53)89)87-64-27-23-48(74-82-35-11-36-83-74)43-56(64)57-44-49(24-28-65(57)87)75-84-37-12-38-85-75/h1-44H. The lowest BCUT2D eigenvalue weighted by molar-refractivity contribution is 0.612. The lowest BCUT2D eigenvalue weighted by Crippen LogP contribution is -2.16. The minimum Gasteiger partial charge on any atom is -0.306 e. The van der Waals surface area contributed by atoms with E-state index in [9.17, 15) is 0 Å². The maximum atomic E-state index is 21.5. The van der Waals surface area contributed by atoms with Gasteiger partial charge in [-0.1, -0.05) is 72.8 Å². The second-order valence-corrected chi connectivity index (χ2v) is 21.9. The van der Waals surface area contributed by atoms with E-state index in [1.54, 1.807) is 49.6 Å². The average molecular weight is 1150 g/mol. The third-order valence-corrected chi connectivity index (χ3v) is 17.2. The van der Waals surface area contributed by atoms with Crippen LogP contribution < -0.4 is 0 Å². The highest BCUT2D eigenvalue weighted by Gasteiger charge is 2.36. The molecule has 0 bridgehead atoms. The van der Waals surface area contributed by atoms with Gasteiger partial charge in [0.05, 0.1) is 55.5 Å². The molecule has 416 valence electrons. The van der Waals surface area contributed by atoms with Crippen LogP contribution in [-0.2, 0) is 0 Å². The molecule has 89 heavy (non-hydrogen) atoms. The number of halogens is 1. The van der Waals surface area contributed by atoms with Crippen molar-refractivity contribution in [2.75, 3.05) is 0 Å². The van der Waals surface area contributed by atoms with E-state index in [1.165, 1.54) is 0 Å². The SMILES string of the molecule is Fc1c(-n2c3ccccc3c3ccccc32)c(-n2c3ccc(-c4ncccn4)cc3c3cc(-c4ncccn4)ccc32)c(-c2ccncc2)c(-n2c3ccc(-c4ncccn4)cc3c3cc(-c4ncccn4)ccc32)c1-n1c2ccccc2c2ccccc21. The number of hydrogen-bond donors (Lipinski definition) is 0.